The Labute approximate surface area is 196 Å². The molecule has 1 saturated carbocycles. The third-order valence-corrected chi connectivity index (χ3v) is 7.40. The predicted octanol–water partition coefficient (Wildman–Crippen LogP) is 2.24. The molecule has 166 valence electrons. The summed E-state index contributed by atoms with van der Waals surface area (Å²) in [6.07, 6.45) is 4.00. The highest BCUT2D eigenvalue weighted by molar-refractivity contribution is 7.99. The van der Waals surface area contributed by atoms with Crippen molar-refractivity contribution in [2.24, 2.45) is 0 Å². The molecule has 0 radical (unpaired) electrons. The molecule has 0 amide bonds. The van der Waals surface area contributed by atoms with Gasteiger partial charge in [-0.1, -0.05) is 29.4 Å². The topological polar surface area (TPSA) is 97.3 Å². The number of nitrogens with zero attached hydrogens (tertiary/aromatic N) is 4. The molecule has 3 aliphatic heterocycles. The first-order valence-corrected chi connectivity index (χ1v) is 11.6. The molecule has 2 N–H and O–H groups in total. The van der Waals surface area contributed by atoms with Crippen LogP contribution in [0.2, 0.25) is 0 Å². The fraction of sp³-hybridized carbons (Fsp3) is 0.261. The van der Waals surface area contributed by atoms with Crippen molar-refractivity contribution < 1.29 is 14.2 Å². The summed E-state index contributed by atoms with van der Waals surface area (Å²) < 4.78 is 18.4. The van der Waals surface area contributed by atoms with E-state index in [4.69, 9.17) is 29.9 Å². The van der Waals surface area contributed by atoms with Gasteiger partial charge in [-0.25, -0.2) is 15.0 Å². The maximum absolute atomic E-state index is 6.17. The number of imidazole rings is 1. The molecule has 0 bridgehead atoms. The van der Waals surface area contributed by atoms with Crippen LogP contribution in [-0.4, -0.2) is 41.3 Å². The average molecular weight is 459 g/mol. The Morgan fingerprint density at radius 3 is 2.64 bits per heavy atom. The van der Waals surface area contributed by atoms with Gasteiger partial charge in [-0.3, -0.25) is 0 Å². The van der Waals surface area contributed by atoms with Crippen LogP contribution >= 0.6 is 11.8 Å². The van der Waals surface area contributed by atoms with E-state index in [1.54, 1.807) is 13.4 Å². The van der Waals surface area contributed by atoms with Gasteiger partial charge in [0.25, 0.3) is 0 Å². The number of anilines is 1. The molecule has 3 heterocycles. The summed E-state index contributed by atoms with van der Waals surface area (Å²) in [5.74, 6) is 3.51. The number of hydrogen-bond acceptors (Lipinski definition) is 8. The second-order valence-electron chi connectivity index (χ2n) is 8.52. The molecule has 6 rings (SSSR count). The van der Waals surface area contributed by atoms with Gasteiger partial charge in [-0.05, 0) is 42.7 Å². The molecule has 0 saturated heterocycles. The summed E-state index contributed by atoms with van der Waals surface area (Å²) in [7, 11) is 3.72. The Kier molecular flexibility index (Phi) is 4.65. The highest BCUT2D eigenvalue weighted by Gasteiger charge is 2.45. The zero-order chi connectivity index (χ0) is 22.6. The van der Waals surface area contributed by atoms with E-state index in [1.807, 2.05) is 32.1 Å². The van der Waals surface area contributed by atoms with E-state index in [1.165, 1.54) is 17.3 Å². The van der Waals surface area contributed by atoms with Crippen LogP contribution in [0.4, 0.5) is 5.82 Å². The first-order valence-electron chi connectivity index (χ1n) is 10.8. The monoisotopic (exact) mass is 459 g/mol. The lowest BCUT2D eigenvalue weighted by molar-refractivity contribution is 0.174. The van der Waals surface area contributed by atoms with Gasteiger partial charge in [-0.2, -0.15) is 0 Å². The fourth-order valence-electron chi connectivity index (χ4n) is 4.29. The van der Waals surface area contributed by atoms with E-state index in [0.717, 1.165) is 52.8 Å². The summed E-state index contributed by atoms with van der Waals surface area (Å²) in [4.78, 5) is 15.0. The number of ether oxygens (including phenoxy) is 3. The summed E-state index contributed by atoms with van der Waals surface area (Å²) >= 11 is 1.49. The minimum absolute atomic E-state index is 0.0713. The highest BCUT2D eigenvalue weighted by atomic mass is 32.2. The molecule has 2 aromatic carbocycles. The molecular weight excluding hydrogens is 437 g/mol. The van der Waals surface area contributed by atoms with Crippen LogP contribution < -0.4 is 25.4 Å². The lowest BCUT2D eigenvalue weighted by atomic mass is 9.95. The van der Waals surface area contributed by atoms with Gasteiger partial charge in [0.05, 0.1) is 13.4 Å². The molecule has 1 aliphatic carbocycles. The van der Waals surface area contributed by atoms with E-state index in [-0.39, 0.29) is 12.2 Å². The lowest BCUT2D eigenvalue weighted by Crippen LogP contribution is -2.19. The van der Waals surface area contributed by atoms with E-state index in [9.17, 15) is 0 Å². The van der Waals surface area contributed by atoms with Gasteiger partial charge in [0.15, 0.2) is 34.0 Å². The van der Waals surface area contributed by atoms with Crippen molar-refractivity contribution in [1.29, 1.82) is 0 Å². The summed E-state index contributed by atoms with van der Waals surface area (Å²) in [5, 5.41) is 0.634. The number of nitrogens with two attached hydrogens (primary N) is 1. The molecule has 0 aromatic heterocycles. The Hall–Kier alpha value is -3.40. The van der Waals surface area contributed by atoms with Gasteiger partial charge in [0.2, 0.25) is 6.79 Å². The summed E-state index contributed by atoms with van der Waals surface area (Å²) in [6, 6.07) is 12.3. The van der Waals surface area contributed by atoms with Gasteiger partial charge in [0.1, 0.15) is 13.6 Å². The molecule has 8 nitrogen and oxygen atoms in total. The zero-order valence-corrected chi connectivity index (χ0v) is 19.2. The van der Waals surface area contributed by atoms with Crippen molar-refractivity contribution in [3.05, 3.63) is 48.3 Å². The van der Waals surface area contributed by atoms with Gasteiger partial charge >= 0.3 is 0 Å². The van der Waals surface area contributed by atoms with Gasteiger partial charge in [0, 0.05) is 16.9 Å². The first-order chi connectivity index (χ1) is 16.0. The number of rotatable bonds is 6. The Bertz CT molecular complexity index is 1320. The van der Waals surface area contributed by atoms with Crippen LogP contribution in [0.15, 0.2) is 52.8 Å². The van der Waals surface area contributed by atoms with Crippen molar-refractivity contribution in [3.63, 3.8) is 0 Å². The number of nitrogen functional groups attached to an aromatic ring is 1. The first kappa shape index (κ1) is 20.2. The molecular formula is C23H22BN5O3S. The van der Waals surface area contributed by atoms with Crippen LogP contribution in [0.1, 0.15) is 18.4 Å². The molecule has 2 aromatic rings. The number of methoxy groups -OCH3 is 1. The number of benzene rings is 2. The maximum atomic E-state index is 6.17. The SMILES string of the molecule is Bc1cc2c(cc1Sc1nc3c(N)ncn(CC4(c5ccc(OC)cc5)CC4)c-3n1)OCO2. The fourth-order valence-corrected chi connectivity index (χ4v) is 5.14. The summed E-state index contributed by atoms with van der Waals surface area (Å²) in [6.45, 7) is 1.02. The van der Waals surface area contributed by atoms with Crippen LogP contribution in [0.25, 0.3) is 11.5 Å². The van der Waals surface area contributed by atoms with E-state index < -0.39 is 0 Å². The van der Waals surface area contributed by atoms with Crippen LogP contribution in [0, 0.1) is 0 Å². The molecule has 0 atom stereocenters. The summed E-state index contributed by atoms with van der Waals surface area (Å²) in [5.41, 5.74) is 9.25. The smallest absolute Gasteiger partial charge is 0.231 e. The maximum Gasteiger partial charge on any atom is 0.231 e. The number of fused-ring (bicyclic) bond motifs is 2. The largest absolute Gasteiger partial charge is 0.497 e. The molecule has 0 unspecified atom stereocenters. The zero-order valence-electron chi connectivity index (χ0n) is 18.4. The van der Waals surface area contributed by atoms with Crippen LogP contribution in [0.5, 0.6) is 17.2 Å². The normalized spacial score (nSPS) is 15.7. The van der Waals surface area contributed by atoms with Crippen LogP contribution in [-0.2, 0) is 12.0 Å². The molecule has 4 aliphatic rings. The number of hydrogen-bond donors (Lipinski definition) is 1. The minimum Gasteiger partial charge on any atom is -0.497 e. The van der Waals surface area contributed by atoms with E-state index >= 15 is 0 Å². The third-order valence-electron chi connectivity index (χ3n) is 6.37. The van der Waals surface area contributed by atoms with E-state index in [2.05, 4.69) is 21.7 Å². The van der Waals surface area contributed by atoms with Crippen molar-refractivity contribution in [2.75, 3.05) is 19.6 Å². The molecule has 33 heavy (non-hydrogen) atoms. The molecule has 0 spiro atoms. The second-order valence-corrected chi connectivity index (χ2v) is 9.53. The van der Waals surface area contributed by atoms with Crippen molar-refractivity contribution in [3.8, 4) is 28.8 Å². The Morgan fingerprint density at radius 1 is 1.15 bits per heavy atom. The van der Waals surface area contributed by atoms with Crippen molar-refractivity contribution >= 4 is 30.9 Å². The highest BCUT2D eigenvalue weighted by Crippen LogP contribution is 2.50. The number of aromatic nitrogens is 4. The Morgan fingerprint density at radius 2 is 1.91 bits per heavy atom. The molecule has 10 heteroatoms. The van der Waals surface area contributed by atoms with E-state index in [0.29, 0.717) is 16.7 Å². The Balaban J connectivity index is 1.32. The van der Waals surface area contributed by atoms with Crippen LogP contribution in [0.3, 0.4) is 0 Å². The van der Waals surface area contributed by atoms with Crippen molar-refractivity contribution in [1.82, 2.24) is 19.5 Å². The standard InChI is InChI=1S/C23H22BN5O3S/c1-30-14-4-2-13(3-5-14)23(6-7-23)10-29-11-26-20(25)19-21(29)28-22(27-19)33-18-9-17-16(8-15(18)24)31-12-32-17/h2-5,8-9,11H,6-7,10,12,24-25H2,1H3. The van der Waals surface area contributed by atoms with Crippen molar-refractivity contribution in [2.45, 2.75) is 34.9 Å². The predicted molar refractivity (Wildman–Crippen MR) is 128 cm³/mol. The lowest BCUT2D eigenvalue weighted by Gasteiger charge is -2.20. The quantitative estimate of drug-likeness (QED) is 0.439. The second kappa shape index (κ2) is 7.59. The van der Waals surface area contributed by atoms with Gasteiger partial charge in [-0.15, -0.1) is 0 Å². The average Bonchev–Trinajstić information content (AvgIpc) is 3.24. The van der Waals surface area contributed by atoms with Gasteiger partial charge < -0.3 is 24.5 Å². The minimum atomic E-state index is 0.0713. The molecule has 1 fully saturated rings. The third kappa shape index (κ3) is 3.54.